The number of hydrogen-bond acceptors (Lipinski definition) is 4. The molecule has 0 unspecified atom stereocenters. The number of aryl methyl sites for hydroxylation is 1. The Morgan fingerprint density at radius 1 is 0.974 bits per heavy atom. The van der Waals surface area contributed by atoms with Crippen LogP contribution in [0.15, 0.2) is 18.2 Å². The molecule has 1 aromatic carbocycles. The van der Waals surface area contributed by atoms with Crippen molar-refractivity contribution in [3.05, 3.63) is 35.5 Å². The van der Waals surface area contributed by atoms with E-state index < -0.39 is 23.7 Å². The van der Waals surface area contributed by atoms with Crippen LogP contribution in [0.4, 0.5) is 8.78 Å². The average Bonchev–Trinajstić information content (AvgIpc) is 3.21. The number of rotatable bonds is 6. The molecule has 2 aliphatic rings. The number of carbonyl (C=O) groups excluding carboxylic acids is 3. The second-order valence-electron chi connectivity index (χ2n) is 11.0. The molecule has 1 aliphatic heterocycles. The third kappa shape index (κ3) is 5.41. The number of amides is 3. The van der Waals surface area contributed by atoms with Crippen LogP contribution in [0.3, 0.4) is 0 Å². The van der Waals surface area contributed by atoms with Crippen molar-refractivity contribution >= 4 is 28.6 Å². The molecule has 1 saturated heterocycles. The fourth-order valence-electron chi connectivity index (χ4n) is 6.04. The van der Waals surface area contributed by atoms with Gasteiger partial charge in [0.05, 0.1) is 11.6 Å². The number of likely N-dealkylation sites (N-methyl/N-ethyl adjacent to an activating group) is 1. The third-order valence-corrected chi connectivity index (χ3v) is 8.28. The summed E-state index contributed by atoms with van der Waals surface area (Å²) < 4.78 is 29.1. The Hall–Kier alpha value is -3.01. The lowest BCUT2D eigenvalue weighted by Crippen LogP contribution is -2.64. The van der Waals surface area contributed by atoms with Gasteiger partial charge in [0.15, 0.2) is 11.6 Å². The van der Waals surface area contributed by atoms with Crippen LogP contribution in [-0.4, -0.2) is 76.4 Å². The predicted molar refractivity (Wildman–Crippen MR) is 142 cm³/mol. The molecule has 4 atom stereocenters. The molecule has 3 amide bonds. The predicted octanol–water partition coefficient (Wildman–Crippen LogP) is 3.19. The lowest BCUT2D eigenvalue weighted by Gasteiger charge is -2.46. The monoisotopic (exact) mass is 531 g/mol. The van der Waals surface area contributed by atoms with Gasteiger partial charge >= 0.3 is 0 Å². The number of halogens is 2. The van der Waals surface area contributed by atoms with E-state index in [4.69, 9.17) is 0 Å². The van der Waals surface area contributed by atoms with E-state index in [-0.39, 0.29) is 35.7 Å². The number of hydrogen-bond donors (Lipinski definition) is 2. The van der Waals surface area contributed by atoms with E-state index in [0.717, 1.165) is 44.2 Å². The van der Waals surface area contributed by atoms with Gasteiger partial charge in [0.25, 0.3) is 5.91 Å². The van der Waals surface area contributed by atoms with Crippen LogP contribution >= 0.6 is 0 Å². The molecular weight excluding hydrogens is 492 g/mol. The van der Waals surface area contributed by atoms with Crippen LogP contribution in [0.5, 0.6) is 0 Å². The molecule has 0 spiro atoms. The van der Waals surface area contributed by atoms with Crippen LogP contribution in [0.25, 0.3) is 10.9 Å². The molecule has 208 valence electrons. The van der Waals surface area contributed by atoms with Crippen molar-refractivity contribution in [3.8, 4) is 0 Å². The van der Waals surface area contributed by atoms with Gasteiger partial charge < -0.3 is 25.0 Å². The highest BCUT2D eigenvalue weighted by Gasteiger charge is 2.41. The first-order valence-electron chi connectivity index (χ1n) is 13.6. The number of nitrogens with one attached hydrogen (secondary N) is 2. The van der Waals surface area contributed by atoms with E-state index in [0.29, 0.717) is 29.7 Å². The Balaban J connectivity index is 1.53. The zero-order chi connectivity index (χ0) is 27.7. The minimum atomic E-state index is -0.962. The minimum Gasteiger partial charge on any atom is -0.343 e. The van der Waals surface area contributed by atoms with Gasteiger partial charge in [-0.1, -0.05) is 19.3 Å². The zero-order valence-corrected chi connectivity index (χ0v) is 22.9. The molecule has 1 saturated carbocycles. The molecule has 0 bridgehead atoms. The molecular formula is C28H39F2N5O3. The molecule has 2 fully saturated rings. The summed E-state index contributed by atoms with van der Waals surface area (Å²) in [7, 11) is 3.37. The SMILES string of the molecule is CN[C@@H](C)C(=O)N[C@H](C(=O)N1[C@H](C)CN(C(=O)c2cc3cc(F)c(F)cc3n2C)C[C@@H]1C)C1CCCCC1. The van der Waals surface area contributed by atoms with Gasteiger partial charge in [0, 0.05) is 43.7 Å². The second kappa shape index (κ2) is 11.4. The summed E-state index contributed by atoms with van der Waals surface area (Å²) in [4.78, 5) is 43.8. The number of nitrogens with zero attached hydrogens (tertiary/aromatic N) is 3. The van der Waals surface area contributed by atoms with E-state index >= 15 is 0 Å². The van der Waals surface area contributed by atoms with Gasteiger partial charge in [-0.2, -0.15) is 0 Å². The highest BCUT2D eigenvalue weighted by atomic mass is 19.2. The Morgan fingerprint density at radius 2 is 1.58 bits per heavy atom. The smallest absolute Gasteiger partial charge is 0.270 e. The maximum Gasteiger partial charge on any atom is 0.270 e. The summed E-state index contributed by atoms with van der Waals surface area (Å²) in [5.74, 6) is -2.39. The van der Waals surface area contributed by atoms with Crippen molar-refractivity contribution in [2.24, 2.45) is 13.0 Å². The van der Waals surface area contributed by atoms with Crippen molar-refractivity contribution in [1.82, 2.24) is 25.0 Å². The van der Waals surface area contributed by atoms with Crippen LogP contribution in [0, 0.1) is 17.6 Å². The molecule has 1 aliphatic carbocycles. The summed E-state index contributed by atoms with van der Waals surface area (Å²) in [5, 5.41) is 6.42. The molecule has 8 nitrogen and oxygen atoms in total. The summed E-state index contributed by atoms with van der Waals surface area (Å²) in [6.07, 6.45) is 5.01. The molecule has 2 aromatic rings. The van der Waals surface area contributed by atoms with E-state index in [1.165, 1.54) is 0 Å². The first-order valence-corrected chi connectivity index (χ1v) is 13.6. The molecule has 4 rings (SSSR count). The lowest BCUT2D eigenvalue weighted by molar-refractivity contribution is -0.145. The molecule has 2 N–H and O–H groups in total. The number of fused-ring (bicyclic) bond motifs is 1. The van der Waals surface area contributed by atoms with Gasteiger partial charge in [-0.25, -0.2) is 8.78 Å². The van der Waals surface area contributed by atoms with Crippen LogP contribution in [0.1, 0.15) is 63.4 Å². The zero-order valence-electron chi connectivity index (χ0n) is 22.9. The normalized spacial score (nSPS) is 22.4. The number of benzene rings is 1. The number of piperazine rings is 1. The van der Waals surface area contributed by atoms with E-state index in [1.54, 1.807) is 36.6 Å². The fraction of sp³-hybridized carbons (Fsp3) is 0.607. The van der Waals surface area contributed by atoms with E-state index in [9.17, 15) is 23.2 Å². The number of carbonyl (C=O) groups is 3. The minimum absolute atomic E-state index is 0.0832. The highest BCUT2D eigenvalue weighted by Crippen LogP contribution is 2.30. The highest BCUT2D eigenvalue weighted by molar-refractivity contribution is 5.99. The van der Waals surface area contributed by atoms with Gasteiger partial charge in [0.1, 0.15) is 11.7 Å². The standard InChI is InChI=1S/C28H39F2N5O3/c1-16-14-34(27(37)24-12-20-11-21(29)22(30)13-23(20)33(24)5)15-17(2)35(16)28(38)25(19-9-7-6-8-10-19)32-26(36)18(3)31-4/h11-13,16-19,25,31H,6-10,14-15H2,1-5H3,(H,32,36)/t16-,17+,18-,25-/m0/s1. The van der Waals surface area contributed by atoms with E-state index in [2.05, 4.69) is 10.6 Å². The van der Waals surface area contributed by atoms with Crippen molar-refractivity contribution in [2.45, 2.75) is 77.0 Å². The Morgan fingerprint density at radius 3 is 2.18 bits per heavy atom. The van der Waals surface area contributed by atoms with Crippen LogP contribution < -0.4 is 10.6 Å². The Kier molecular flexibility index (Phi) is 8.40. The molecule has 0 radical (unpaired) electrons. The molecule has 38 heavy (non-hydrogen) atoms. The van der Waals surface area contributed by atoms with Gasteiger partial charge in [-0.15, -0.1) is 0 Å². The largest absolute Gasteiger partial charge is 0.343 e. The Bertz CT molecular complexity index is 1200. The molecule has 2 heterocycles. The molecule has 10 heteroatoms. The summed E-state index contributed by atoms with van der Waals surface area (Å²) >= 11 is 0. The van der Waals surface area contributed by atoms with Crippen molar-refractivity contribution in [3.63, 3.8) is 0 Å². The number of aromatic nitrogens is 1. The second-order valence-corrected chi connectivity index (χ2v) is 11.0. The van der Waals surface area contributed by atoms with Crippen molar-refractivity contribution < 1.29 is 23.2 Å². The quantitative estimate of drug-likeness (QED) is 0.600. The fourth-order valence-corrected chi connectivity index (χ4v) is 6.04. The van der Waals surface area contributed by atoms with Crippen LogP contribution in [0.2, 0.25) is 0 Å². The van der Waals surface area contributed by atoms with Gasteiger partial charge in [-0.3, -0.25) is 14.4 Å². The van der Waals surface area contributed by atoms with Crippen molar-refractivity contribution in [1.29, 1.82) is 0 Å². The maximum atomic E-state index is 14.0. The summed E-state index contributed by atoms with van der Waals surface area (Å²) in [5.41, 5.74) is 0.765. The maximum absolute atomic E-state index is 14.0. The van der Waals surface area contributed by atoms with Gasteiger partial charge in [0.2, 0.25) is 11.8 Å². The summed E-state index contributed by atoms with van der Waals surface area (Å²) in [6.45, 7) is 6.23. The van der Waals surface area contributed by atoms with Crippen molar-refractivity contribution in [2.75, 3.05) is 20.1 Å². The topological polar surface area (TPSA) is 86.7 Å². The third-order valence-electron chi connectivity index (χ3n) is 8.28. The van der Waals surface area contributed by atoms with Gasteiger partial charge in [-0.05, 0) is 58.7 Å². The summed E-state index contributed by atoms with van der Waals surface area (Å²) in [6, 6.07) is 2.20. The Labute approximate surface area is 222 Å². The van der Waals surface area contributed by atoms with E-state index in [1.807, 2.05) is 18.7 Å². The first kappa shape index (κ1) is 28.0. The average molecular weight is 532 g/mol. The first-order chi connectivity index (χ1) is 18.0. The molecule has 1 aromatic heterocycles. The lowest BCUT2D eigenvalue weighted by atomic mass is 9.82. The van der Waals surface area contributed by atoms with Crippen LogP contribution in [-0.2, 0) is 16.6 Å².